The first kappa shape index (κ1) is 65.5. The number of nitriles is 2. The van der Waals surface area contributed by atoms with Crippen LogP contribution in [0.4, 0.5) is 38.0 Å². The molecule has 4 bridgehead atoms. The Morgan fingerprint density at radius 1 is 0.660 bits per heavy atom. The molecule has 6 aliphatic carbocycles. The summed E-state index contributed by atoms with van der Waals surface area (Å²) in [5.74, 6) is 1.51. The van der Waals surface area contributed by atoms with Gasteiger partial charge in [-0.2, -0.15) is 36.9 Å². The highest BCUT2D eigenvalue weighted by molar-refractivity contribution is 7.19. The number of amides is 2. The lowest BCUT2D eigenvalue weighted by molar-refractivity contribution is -0.229. The van der Waals surface area contributed by atoms with Crippen LogP contribution in [0.5, 0.6) is 0 Å². The number of carbonyl (C=O) groups is 2. The molecule has 6 aromatic heterocycles. The highest BCUT2D eigenvalue weighted by atomic mass is 32.1. The smallest absolute Gasteiger partial charge is 0.367 e. The number of nitrogens with two attached hydrogens (primary N) is 1. The van der Waals surface area contributed by atoms with Crippen molar-refractivity contribution in [2.24, 2.45) is 22.5 Å². The van der Waals surface area contributed by atoms with Gasteiger partial charge in [0.25, 0.3) is 0 Å². The number of likely N-dealkylation sites (tertiary alicyclic amines) is 3. The molecule has 510 valence electrons. The van der Waals surface area contributed by atoms with E-state index in [-0.39, 0.29) is 68.0 Å². The molecule has 0 spiro atoms. The van der Waals surface area contributed by atoms with Crippen LogP contribution in [0.25, 0.3) is 42.2 Å². The predicted octanol–water partition coefficient (Wildman–Crippen LogP) is 12.1. The number of halogens is 6. The molecule has 2 amide bonds. The van der Waals surface area contributed by atoms with E-state index in [1.807, 2.05) is 12.1 Å². The molecule has 9 heterocycles. The summed E-state index contributed by atoms with van der Waals surface area (Å²) in [4.78, 5) is 54.1. The molecule has 3 aliphatic heterocycles. The van der Waals surface area contributed by atoms with E-state index in [1.165, 1.54) is 17.5 Å². The quantitative estimate of drug-likeness (QED) is 0.0448. The second-order valence-corrected chi connectivity index (χ2v) is 32.5. The van der Waals surface area contributed by atoms with Gasteiger partial charge in [0.2, 0.25) is 11.8 Å². The van der Waals surface area contributed by atoms with E-state index in [1.54, 1.807) is 26.0 Å². The van der Waals surface area contributed by atoms with Crippen LogP contribution < -0.4 is 27.0 Å². The molecule has 3 saturated heterocycles. The first-order valence-corrected chi connectivity index (χ1v) is 35.6. The van der Waals surface area contributed by atoms with Crippen molar-refractivity contribution in [3.63, 3.8) is 0 Å². The number of nitrogens with one attached hydrogen (secondary N) is 4. The van der Waals surface area contributed by atoms with E-state index >= 15 is 0 Å². The number of carbonyl (C=O) groups excluding carboxylic acids is 2. The summed E-state index contributed by atoms with van der Waals surface area (Å²) in [5.41, 5.74) is 12.4. The van der Waals surface area contributed by atoms with Gasteiger partial charge in [-0.05, 0) is 180 Å². The van der Waals surface area contributed by atoms with Crippen LogP contribution in [0.3, 0.4) is 0 Å². The van der Waals surface area contributed by atoms with Gasteiger partial charge in [-0.15, -0.1) is 22.7 Å². The van der Waals surface area contributed by atoms with E-state index in [4.69, 9.17) is 15.7 Å². The molecule has 6 N–H and O–H groups in total. The summed E-state index contributed by atoms with van der Waals surface area (Å²) in [7, 11) is 0. The van der Waals surface area contributed by atoms with Gasteiger partial charge in [0.05, 0.1) is 41.7 Å². The van der Waals surface area contributed by atoms with Gasteiger partial charge in [-0.25, -0.2) is 19.9 Å². The lowest BCUT2D eigenvalue weighted by Gasteiger charge is -2.76. The zero-order valence-corrected chi connectivity index (χ0v) is 56.8. The molecule has 1 unspecified atom stereocenters. The molecule has 26 heteroatoms. The van der Waals surface area contributed by atoms with Crippen LogP contribution >= 0.6 is 22.7 Å². The third-order valence-electron chi connectivity index (χ3n) is 23.0. The summed E-state index contributed by atoms with van der Waals surface area (Å²) in [6, 6.07) is 20.3. The molecular weight excluding hydrogens is 1290 g/mol. The summed E-state index contributed by atoms with van der Waals surface area (Å²) < 4.78 is 85.5. The van der Waals surface area contributed by atoms with E-state index in [9.17, 15) is 46.5 Å². The SMILES string of the molecule is Cc1c(CN2CCC(Nc3nc(CN4CCCC4C(=O)NC45CC(Cn6c(C#N)cc7c(C)c(CN8CCC(Nc9ncnc%10sc(CC(F)(F)F)cc9%10)CC8)ccc76)(C4)[C@@H]5C)nc4sc(CC(F)(F)F)cc34)CC2)ccc2c1cc(C#N)n2CC12CC(NC(=O)C(C)(C)N)(C1)C2. The number of hydrogen-bond donors (Lipinski definition) is 5. The number of hydrogen-bond acceptors (Lipinski definition) is 16. The Bertz CT molecular complexity index is 4520. The highest BCUT2D eigenvalue weighted by Crippen LogP contribution is 2.72. The first-order chi connectivity index (χ1) is 46.1. The monoisotopic (exact) mass is 1370 g/mol. The van der Waals surface area contributed by atoms with E-state index in [2.05, 4.69) is 112 Å². The Morgan fingerprint density at radius 2 is 1.20 bits per heavy atom. The number of piperidine rings is 2. The molecule has 2 atom stereocenters. The van der Waals surface area contributed by atoms with Crippen molar-refractivity contribution in [2.75, 3.05) is 43.4 Å². The van der Waals surface area contributed by atoms with E-state index in [0.29, 0.717) is 75.3 Å². The van der Waals surface area contributed by atoms with E-state index < -0.39 is 36.8 Å². The van der Waals surface area contributed by atoms with Crippen LogP contribution in [0.2, 0.25) is 0 Å². The third-order valence-corrected chi connectivity index (χ3v) is 25.0. The maximum atomic E-state index is 14.5. The highest BCUT2D eigenvalue weighted by Gasteiger charge is 2.74. The van der Waals surface area contributed by atoms with Gasteiger partial charge in [0, 0.05) is 107 Å². The van der Waals surface area contributed by atoms with E-state index in [0.717, 1.165) is 159 Å². The maximum absolute atomic E-state index is 14.5. The third kappa shape index (κ3) is 12.3. The number of thiophene rings is 2. The molecule has 9 aliphatic rings. The molecule has 0 radical (unpaired) electrons. The number of benzene rings is 2. The molecule has 17 rings (SSSR count). The average Bonchev–Trinajstić information content (AvgIpc) is 1.52. The topological polar surface area (TPSA) is 227 Å². The van der Waals surface area contributed by atoms with Crippen molar-refractivity contribution in [1.82, 2.24) is 54.4 Å². The minimum atomic E-state index is -4.40. The number of fused-ring (bicyclic) bond motifs is 4. The number of rotatable bonds is 20. The molecule has 8 aromatic rings. The maximum Gasteiger partial charge on any atom is 0.393 e. The fourth-order valence-electron chi connectivity index (χ4n) is 17.8. The van der Waals surface area contributed by atoms with Crippen molar-refractivity contribution >= 4 is 88.4 Å². The van der Waals surface area contributed by atoms with Gasteiger partial charge in [0.15, 0.2) is 0 Å². The summed E-state index contributed by atoms with van der Waals surface area (Å²) in [6.45, 7) is 16.8. The Morgan fingerprint density at radius 3 is 1.73 bits per heavy atom. The Balaban J connectivity index is 0.558. The van der Waals surface area contributed by atoms with Crippen LogP contribution in [-0.4, -0.2) is 135 Å². The van der Waals surface area contributed by atoms with Crippen LogP contribution in [0.15, 0.2) is 54.9 Å². The number of nitrogens with zero attached hydrogens (tertiary/aromatic N) is 11. The van der Waals surface area contributed by atoms with Crippen LogP contribution in [-0.2, 0) is 55.2 Å². The summed E-state index contributed by atoms with van der Waals surface area (Å²) >= 11 is 2.08. The lowest BCUT2D eigenvalue weighted by Crippen LogP contribution is -2.82. The Labute approximate surface area is 566 Å². The fraction of sp³-hybridized carbons (Fsp3) is 0.549. The largest absolute Gasteiger partial charge is 0.393 e. The second-order valence-electron chi connectivity index (χ2n) is 30.3. The van der Waals surface area contributed by atoms with Crippen molar-refractivity contribution in [3.8, 4) is 12.1 Å². The zero-order valence-electron chi connectivity index (χ0n) is 55.2. The van der Waals surface area contributed by atoms with Crippen molar-refractivity contribution in [1.29, 1.82) is 10.5 Å². The minimum absolute atomic E-state index is 0.00551. The van der Waals surface area contributed by atoms with Crippen molar-refractivity contribution in [2.45, 2.75) is 198 Å². The minimum Gasteiger partial charge on any atom is -0.367 e. The number of aryl methyl sites for hydroxylation is 2. The number of alkyl halides is 6. The fourth-order valence-corrected chi connectivity index (χ4v) is 19.9. The summed E-state index contributed by atoms with van der Waals surface area (Å²) in [5, 5.41) is 37.9. The molecule has 9 fully saturated rings. The van der Waals surface area contributed by atoms with Gasteiger partial charge in [0.1, 0.15) is 57.0 Å². The number of anilines is 2. The summed E-state index contributed by atoms with van der Waals surface area (Å²) in [6.07, 6.45) is -0.475. The molecule has 18 nitrogen and oxygen atoms in total. The molecule has 2 aromatic carbocycles. The zero-order chi connectivity index (χ0) is 67.9. The predicted molar refractivity (Wildman–Crippen MR) is 362 cm³/mol. The molecule has 6 saturated carbocycles. The Kier molecular flexibility index (Phi) is 16.1. The van der Waals surface area contributed by atoms with Crippen LogP contribution in [0.1, 0.15) is 141 Å². The molecule has 97 heavy (non-hydrogen) atoms. The average molecular weight is 1370 g/mol. The lowest BCUT2D eigenvalue weighted by atomic mass is 9.33. The van der Waals surface area contributed by atoms with Gasteiger partial charge in [-0.1, -0.05) is 19.1 Å². The number of aromatic nitrogens is 6. The normalized spacial score (nSPS) is 25.6. The van der Waals surface area contributed by atoms with Crippen molar-refractivity contribution < 1.29 is 35.9 Å². The first-order valence-electron chi connectivity index (χ1n) is 33.9. The van der Waals surface area contributed by atoms with Gasteiger partial charge in [-0.3, -0.25) is 24.3 Å². The molecular formula is C71H80F6N16O2S2. The van der Waals surface area contributed by atoms with Gasteiger partial charge >= 0.3 is 12.4 Å². The van der Waals surface area contributed by atoms with Gasteiger partial charge < -0.3 is 36.1 Å². The second kappa shape index (κ2) is 23.9. The standard InChI is InChI=1S/C71H80F6N16O2S2/c1-40-43(8-10-55-51(40)21-47(27-78)92(55)37-66-32-68(33-66,34-66)88-64(95)65(4,5)80)29-90-19-14-46(15-20-90)84-60-54-24-50(26-71(75,76)77)97-63(54)86-58(85-60)31-91-16-6-7-57(91)61(94)87-69-35-67(36-69,42(69)3)38-93-48(28-79)22-52-41(2)44(9-11-56(52)93)30-89-17-12-45(13-18-89)83-59-53-23-49(25-70(72,73)74)96-62(53)82-39-81-59/h8-11,21-24,39,42,45-46,57H,6-7,12-20,25-26,29-38,80H2,1-5H3,(H,87,94)(H,88,95)(H,81,82,83)(H,84,85,86)/t42-,57?,66?,67?,68?,69?/m0/s1. The van der Waals surface area contributed by atoms with Crippen molar-refractivity contribution in [3.05, 3.63) is 104 Å². The van der Waals surface area contributed by atoms with Crippen LogP contribution in [0, 0.1) is 53.3 Å². The Hall–Kier alpha value is -7.46.